The van der Waals surface area contributed by atoms with Crippen LogP contribution < -0.4 is 10.5 Å². The molecule has 0 radical (unpaired) electrons. The molecule has 1 unspecified atom stereocenters. The molecule has 0 heterocycles. The molecule has 2 N–H and O–H groups in total. The van der Waals surface area contributed by atoms with Gasteiger partial charge in [0.2, 0.25) is 0 Å². The highest BCUT2D eigenvalue weighted by Crippen LogP contribution is 2.25. The Balaban J connectivity index is 2.57. The van der Waals surface area contributed by atoms with E-state index in [1.165, 1.54) is 0 Å². The number of rotatable bonds is 5. The number of halogens is 3. The molecule has 0 aliphatic carbocycles. The molecule has 3 nitrogen and oxygen atoms in total. The van der Waals surface area contributed by atoms with Gasteiger partial charge in [-0.15, -0.1) is 0 Å². The first kappa shape index (κ1) is 14.8. The molecule has 0 aliphatic rings. The summed E-state index contributed by atoms with van der Waals surface area (Å²) in [4.78, 5) is 0. The van der Waals surface area contributed by atoms with Gasteiger partial charge >= 0.3 is 6.18 Å². The van der Waals surface area contributed by atoms with Gasteiger partial charge in [-0.05, 0) is 19.9 Å². The number of ether oxygens (including phenoxy) is 2. The zero-order chi connectivity index (χ0) is 13.8. The second kappa shape index (κ2) is 6.06. The van der Waals surface area contributed by atoms with E-state index in [1.54, 1.807) is 19.1 Å². The summed E-state index contributed by atoms with van der Waals surface area (Å²) in [5, 5.41) is 0. The Labute approximate surface area is 104 Å². The van der Waals surface area contributed by atoms with Gasteiger partial charge in [-0.2, -0.15) is 13.2 Å². The highest BCUT2D eigenvalue weighted by atomic mass is 19.4. The summed E-state index contributed by atoms with van der Waals surface area (Å²) in [7, 11) is 0. The smallest absolute Gasteiger partial charge is 0.411 e. The molecule has 0 aromatic heterocycles. The molecule has 0 bridgehead atoms. The molecule has 0 saturated carbocycles. The molecular formula is C12H16F3NO2. The molecular weight excluding hydrogens is 247 g/mol. The van der Waals surface area contributed by atoms with Gasteiger partial charge in [0.1, 0.15) is 12.4 Å². The van der Waals surface area contributed by atoms with Gasteiger partial charge in [-0.25, -0.2) is 0 Å². The number of nitrogens with two attached hydrogens (primary N) is 1. The maximum atomic E-state index is 11.8. The molecule has 1 atom stereocenters. The van der Waals surface area contributed by atoms with Crippen molar-refractivity contribution in [2.75, 3.05) is 13.4 Å². The zero-order valence-corrected chi connectivity index (χ0v) is 10.3. The Bertz CT molecular complexity index is 391. The fraction of sp³-hybridized carbons (Fsp3) is 0.500. The van der Waals surface area contributed by atoms with Crippen molar-refractivity contribution in [3.63, 3.8) is 0 Å². The minimum atomic E-state index is -4.35. The second-order valence-electron chi connectivity index (χ2n) is 4.06. The summed E-state index contributed by atoms with van der Waals surface area (Å²) in [5.41, 5.74) is 7.50. The minimum Gasteiger partial charge on any atom is -0.467 e. The van der Waals surface area contributed by atoms with E-state index in [1.807, 2.05) is 13.0 Å². The third kappa shape index (κ3) is 4.93. The van der Waals surface area contributed by atoms with Crippen LogP contribution in [0.3, 0.4) is 0 Å². The molecule has 102 valence electrons. The van der Waals surface area contributed by atoms with E-state index in [2.05, 4.69) is 4.74 Å². The Morgan fingerprint density at radius 1 is 1.33 bits per heavy atom. The Kier molecular flexibility index (Phi) is 4.98. The van der Waals surface area contributed by atoms with Crippen LogP contribution in [0.1, 0.15) is 24.1 Å². The molecule has 0 saturated heterocycles. The van der Waals surface area contributed by atoms with Crippen LogP contribution >= 0.6 is 0 Å². The summed E-state index contributed by atoms with van der Waals surface area (Å²) in [6.07, 6.45) is -4.35. The monoisotopic (exact) mass is 263 g/mol. The summed E-state index contributed by atoms with van der Waals surface area (Å²) < 4.78 is 45.0. The van der Waals surface area contributed by atoms with E-state index < -0.39 is 19.6 Å². The predicted octanol–water partition coefficient (Wildman–Crippen LogP) is 2.93. The van der Waals surface area contributed by atoms with Crippen LogP contribution in [-0.4, -0.2) is 19.6 Å². The number of aryl methyl sites for hydroxylation is 1. The van der Waals surface area contributed by atoms with E-state index in [4.69, 9.17) is 10.5 Å². The van der Waals surface area contributed by atoms with Crippen LogP contribution in [0, 0.1) is 6.92 Å². The third-order valence-electron chi connectivity index (χ3n) is 2.22. The van der Waals surface area contributed by atoms with Crippen molar-refractivity contribution in [3.8, 4) is 5.75 Å². The summed E-state index contributed by atoms with van der Waals surface area (Å²) >= 11 is 0. The lowest BCUT2D eigenvalue weighted by molar-refractivity contribution is -0.186. The van der Waals surface area contributed by atoms with E-state index >= 15 is 0 Å². The quantitative estimate of drug-likeness (QED) is 0.656. The van der Waals surface area contributed by atoms with Gasteiger partial charge in [0.15, 0.2) is 6.79 Å². The number of benzene rings is 1. The van der Waals surface area contributed by atoms with Gasteiger partial charge in [0.25, 0.3) is 0 Å². The fourth-order valence-electron chi connectivity index (χ4n) is 1.42. The molecule has 0 fully saturated rings. The van der Waals surface area contributed by atoms with Crippen molar-refractivity contribution in [1.82, 2.24) is 0 Å². The van der Waals surface area contributed by atoms with Crippen LogP contribution in [0.5, 0.6) is 5.75 Å². The van der Waals surface area contributed by atoms with Gasteiger partial charge in [-0.3, -0.25) is 0 Å². The number of hydrogen-bond donors (Lipinski definition) is 1. The van der Waals surface area contributed by atoms with Crippen molar-refractivity contribution in [1.29, 1.82) is 0 Å². The molecule has 18 heavy (non-hydrogen) atoms. The Morgan fingerprint density at radius 3 is 2.56 bits per heavy atom. The average molecular weight is 263 g/mol. The average Bonchev–Trinajstić information content (AvgIpc) is 2.24. The molecule has 6 heteroatoms. The predicted molar refractivity (Wildman–Crippen MR) is 61.3 cm³/mol. The Hall–Kier alpha value is -1.27. The summed E-state index contributed by atoms with van der Waals surface area (Å²) in [6, 6.07) is 5.04. The van der Waals surface area contributed by atoms with Crippen molar-refractivity contribution in [2.24, 2.45) is 5.73 Å². The molecule has 1 rings (SSSR count). The lowest BCUT2D eigenvalue weighted by Gasteiger charge is -2.15. The molecule has 1 aromatic carbocycles. The lowest BCUT2D eigenvalue weighted by atomic mass is 10.1. The fourth-order valence-corrected chi connectivity index (χ4v) is 1.42. The van der Waals surface area contributed by atoms with E-state index in [0.29, 0.717) is 5.75 Å². The van der Waals surface area contributed by atoms with Crippen LogP contribution in [0.15, 0.2) is 18.2 Å². The second-order valence-corrected chi connectivity index (χ2v) is 4.06. The molecule has 0 aliphatic heterocycles. The SMILES string of the molecule is Cc1ccc(OCOCC(F)(F)F)c(C(C)N)c1. The van der Waals surface area contributed by atoms with Gasteiger partial charge in [0, 0.05) is 11.6 Å². The van der Waals surface area contributed by atoms with E-state index in [0.717, 1.165) is 11.1 Å². The molecule has 0 spiro atoms. The van der Waals surface area contributed by atoms with E-state index in [9.17, 15) is 13.2 Å². The summed E-state index contributed by atoms with van der Waals surface area (Å²) in [5.74, 6) is 0.442. The highest BCUT2D eigenvalue weighted by Gasteiger charge is 2.27. The van der Waals surface area contributed by atoms with Gasteiger partial charge in [0.05, 0.1) is 0 Å². The minimum absolute atomic E-state index is 0.262. The van der Waals surface area contributed by atoms with Crippen LogP contribution in [0.2, 0.25) is 0 Å². The maximum absolute atomic E-state index is 11.8. The van der Waals surface area contributed by atoms with Crippen molar-refractivity contribution in [2.45, 2.75) is 26.1 Å². The topological polar surface area (TPSA) is 44.5 Å². The highest BCUT2D eigenvalue weighted by molar-refractivity contribution is 5.38. The largest absolute Gasteiger partial charge is 0.467 e. The summed E-state index contributed by atoms with van der Waals surface area (Å²) in [6.45, 7) is 1.89. The first-order valence-corrected chi connectivity index (χ1v) is 5.43. The van der Waals surface area contributed by atoms with Gasteiger partial charge < -0.3 is 15.2 Å². The number of hydrogen-bond acceptors (Lipinski definition) is 3. The lowest BCUT2D eigenvalue weighted by Crippen LogP contribution is -2.19. The standard InChI is InChI=1S/C12H16F3NO2/c1-8-3-4-11(10(5-8)9(2)16)18-7-17-6-12(13,14)15/h3-5,9H,6-7,16H2,1-2H3. The van der Waals surface area contributed by atoms with Crippen LogP contribution in [0.25, 0.3) is 0 Å². The molecule has 1 aromatic rings. The maximum Gasteiger partial charge on any atom is 0.411 e. The zero-order valence-electron chi connectivity index (χ0n) is 10.3. The Morgan fingerprint density at radius 2 is 2.00 bits per heavy atom. The van der Waals surface area contributed by atoms with E-state index in [-0.39, 0.29) is 6.04 Å². The van der Waals surface area contributed by atoms with Crippen molar-refractivity contribution < 1.29 is 22.6 Å². The molecule has 0 amide bonds. The van der Waals surface area contributed by atoms with Crippen LogP contribution in [0.4, 0.5) is 13.2 Å². The normalized spacial score (nSPS) is 13.4. The van der Waals surface area contributed by atoms with Crippen LogP contribution in [-0.2, 0) is 4.74 Å². The third-order valence-corrected chi connectivity index (χ3v) is 2.22. The first-order chi connectivity index (χ1) is 8.29. The number of alkyl halides is 3. The van der Waals surface area contributed by atoms with Crippen molar-refractivity contribution in [3.05, 3.63) is 29.3 Å². The first-order valence-electron chi connectivity index (χ1n) is 5.43. The van der Waals surface area contributed by atoms with Crippen molar-refractivity contribution >= 4 is 0 Å². The van der Waals surface area contributed by atoms with Gasteiger partial charge in [-0.1, -0.05) is 17.7 Å².